The minimum atomic E-state index is -2.72. The van der Waals surface area contributed by atoms with Crippen LogP contribution in [0.25, 0.3) is 0 Å². The third kappa shape index (κ3) is 5.60. The molecule has 4 heterocycles. The number of nitrogens with zero attached hydrogens (tertiary/aromatic N) is 2. The van der Waals surface area contributed by atoms with Crippen LogP contribution in [0, 0.1) is 58.2 Å². The minimum Gasteiger partial charge on any atom is -0.461 e. The SMILES string of the molecule is C=C1CC[C@H]2C(CN3CCC(F)(F)CC3)C(=O)O[C@@H]2[C@@H]2[C@H]1CC(=O)[C@]21CCC[C@]2(O)[C@@H]3[C@H]4OC(=O)C(CN5CCC(F)(F)CC5)[C@@H]4CCC(C)(C)[C@@H]3C[C@@]21O. The summed E-state index contributed by atoms with van der Waals surface area (Å²) in [5.41, 5.74) is -4.68. The molecule has 5 saturated carbocycles. The van der Waals surface area contributed by atoms with Gasteiger partial charge in [-0.2, -0.15) is 0 Å². The van der Waals surface area contributed by atoms with Crippen molar-refractivity contribution in [2.75, 3.05) is 39.3 Å². The molecule has 4 aliphatic heterocycles. The number of fused-ring (bicyclic) bond motifs is 10. The Bertz CT molecular complexity index is 1620. The van der Waals surface area contributed by atoms with Crippen molar-refractivity contribution < 1.29 is 51.6 Å². The summed E-state index contributed by atoms with van der Waals surface area (Å²) in [5, 5.41) is 27.1. The zero-order valence-electron chi connectivity index (χ0n) is 32.3. The molecule has 0 aromatic carbocycles. The Hall–Kier alpha value is -2.09. The Morgan fingerprint density at radius 1 is 0.745 bits per heavy atom. The maximum absolute atomic E-state index is 15.0. The molecule has 0 bridgehead atoms. The van der Waals surface area contributed by atoms with Crippen LogP contribution >= 0.6 is 0 Å². The number of carbonyl (C=O) groups is 3. The predicted octanol–water partition coefficient (Wildman–Crippen LogP) is 5.41. The second-order valence-corrected chi connectivity index (χ2v) is 20.1. The van der Waals surface area contributed by atoms with Gasteiger partial charge in [0, 0.05) is 95.0 Å². The molecular formula is C42H58F4N2O7. The Kier molecular flexibility index (Phi) is 8.88. The number of likely N-dealkylation sites (tertiary alicyclic amines) is 2. The van der Waals surface area contributed by atoms with Crippen molar-refractivity contribution in [2.45, 2.75) is 133 Å². The van der Waals surface area contributed by atoms with Crippen molar-refractivity contribution in [1.82, 2.24) is 9.80 Å². The summed E-state index contributed by atoms with van der Waals surface area (Å²) in [6, 6.07) is 0. The first-order valence-corrected chi connectivity index (χ1v) is 21.1. The van der Waals surface area contributed by atoms with Crippen LogP contribution < -0.4 is 0 Å². The number of ether oxygens (including phenoxy) is 2. The van der Waals surface area contributed by atoms with Crippen LogP contribution in [-0.4, -0.2) is 112 Å². The molecule has 1 spiro atoms. The van der Waals surface area contributed by atoms with Gasteiger partial charge < -0.3 is 29.5 Å². The summed E-state index contributed by atoms with van der Waals surface area (Å²) >= 11 is 0. The molecule has 0 aromatic rings. The van der Waals surface area contributed by atoms with Crippen LogP contribution in [0.15, 0.2) is 12.2 Å². The highest BCUT2D eigenvalue weighted by Gasteiger charge is 2.82. The molecule has 9 fully saturated rings. The van der Waals surface area contributed by atoms with Crippen LogP contribution in [0.4, 0.5) is 17.6 Å². The number of carbonyl (C=O) groups excluding carboxylic acids is 3. The molecule has 2 unspecified atom stereocenters. The monoisotopic (exact) mass is 778 g/mol. The number of allylic oxidation sites excluding steroid dienone is 1. The molecule has 4 saturated heterocycles. The van der Waals surface area contributed by atoms with Crippen molar-refractivity contribution in [2.24, 2.45) is 58.2 Å². The van der Waals surface area contributed by atoms with Gasteiger partial charge in [-0.1, -0.05) is 26.0 Å². The first kappa shape index (κ1) is 38.4. The lowest BCUT2D eigenvalue weighted by Crippen LogP contribution is -2.71. The van der Waals surface area contributed by atoms with Gasteiger partial charge in [-0.05, 0) is 68.6 Å². The maximum atomic E-state index is 15.0. The zero-order chi connectivity index (χ0) is 39.1. The normalized spacial score (nSPS) is 48.9. The molecule has 13 atom stereocenters. The van der Waals surface area contributed by atoms with E-state index in [4.69, 9.17) is 9.47 Å². The molecule has 0 amide bonds. The average Bonchev–Trinajstić information content (AvgIpc) is 3.72. The number of Topliss-reactive ketones (excluding diaryl/α,β-unsaturated/α-hetero) is 1. The van der Waals surface area contributed by atoms with Crippen molar-refractivity contribution in [3.8, 4) is 0 Å². The summed E-state index contributed by atoms with van der Waals surface area (Å²) in [6.07, 6.45) is 1.32. The Morgan fingerprint density at radius 2 is 1.27 bits per heavy atom. The predicted molar refractivity (Wildman–Crippen MR) is 191 cm³/mol. The molecule has 2 N–H and O–H groups in total. The number of hydrogen-bond donors (Lipinski definition) is 2. The van der Waals surface area contributed by atoms with E-state index in [2.05, 4.69) is 20.4 Å². The van der Waals surface area contributed by atoms with Crippen LogP contribution in [0.5, 0.6) is 0 Å². The summed E-state index contributed by atoms with van der Waals surface area (Å²) in [6.45, 7) is 10.1. The molecule has 9 nitrogen and oxygen atoms in total. The molecule has 306 valence electrons. The first-order chi connectivity index (χ1) is 25.8. The average molecular weight is 779 g/mol. The number of rotatable bonds is 4. The fraction of sp³-hybridized carbons (Fsp3) is 0.881. The fourth-order valence-corrected chi connectivity index (χ4v) is 14.2. The third-order valence-electron chi connectivity index (χ3n) is 17.2. The standard InChI is InChI=1S/C42H58F4N2O7/c1-23-5-6-24-27(21-47-15-11-38(43,44)12-16-47)35(50)54-33(24)31-26(23)19-30(49)40(31)8-4-9-41(52)32-29(20-42(40,41)53)37(2,3)10-7-25-28(36(51)55-34(25)32)22-48-17-13-39(45,46)14-18-48/h24-29,31-34,52-53H,1,4-22H2,2-3H3/t24-,25-,26-,27?,28?,29+,31-,32-,33-,34-,40+,41-,42-/m0/s1. The molecule has 5 aliphatic carbocycles. The van der Waals surface area contributed by atoms with Gasteiger partial charge >= 0.3 is 11.9 Å². The van der Waals surface area contributed by atoms with Gasteiger partial charge in [0.15, 0.2) is 0 Å². The number of aliphatic hydroxyl groups is 2. The van der Waals surface area contributed by atoms with Crippen molar-refractivity contribution in [3.05, 3.63) is 12.2 Å². The zero-order valence-corrected chi connectivity index (χ0v) is 32.3. The molecule has 55 heavy (non-hydrogen) atoms. The summed E-state index contributed by atoms with van der Waals surface area (Å²) in [5.74, 6) is -10.0. The quantitative estimate of drug-likeness (QED) is 0.220. The van der Waals surface area contributed by atoms with E-state index >= 15 is 0 Å². The maximum Gasteiger partial charge on any atom is 0.310 e. The van der Waals surface area contributed by atoms with Gasteiger partial charge in [0.25, 0.3) is 11.8 Å². The Morgan fingerprint density at radius 3 is 1.84 bits per heavy atom. The van der Waals surface area contributed by atoms with E-state index in [-0.39, 0.29) is 101 Å². The second-order valence-electron chi connectivity index (χ2n) is 20.1. The highest BCUT2D eigenvalue weighted by Crippen LogP contribution is 2.74. The molecule has 0 aromatic heterocycles. The second kappa shape index (κ2) is 12.7. The van der Waals surface area contributed by atoms with Crippen LogP contribution in [0.1, 0.15) is 97.3 Å². The van der Waals surface area contributed by atoms with Crippen molar-refractivity contribution in [1.29, 1.82) is 0 Å². The van der Waals surface area contributed by atoms with E-state index in [0.29, 0.717) is 51.6 Å². The first-order valence-electron chi connectivity index (χ1n) is 21.1. The van der Waals surface area contributed by atoms with Gasteiger partial charge in [-0.3, -0.25) is 14.4 Å². The number of halogens is 4. The number of alkyl halides is 4. The van der Waals surface area contributed by atoms with Crippen LogP contribution in [0.2, 0.25) is 0 Å². The number of esters is 2. The highest BCUT2D eigenvalue weighted by atomic mass is 19.3. The molecule has 9 aliphatic rings. The van der Waals surface area contributed by atoms with Gasteiger partial charge in [-0.15, -0.1) is 0 Å². The summed E-state index contributed by atoms with van der Waals surface area (Å²) in [7, 11) is 0. The Labute approximate surface area is 320 Å². The number of ketones is 1. The van der Waals surface area contributed by atoms with Crippen molar-refractivity contribution in [3.63, 3.8) is 0 Å². The minimum absolute atomic E-state index is 0.130. The van der Waals surface area contributed by atoms with E-state index in [1.54, 1.807) is 0 Å². The number of hydrogen-bond acceptors (Lipinski definition) is 9. The molecule has 13 heteroatoms. The van der Waals surface area contributed by atoms with E-state index in [1.165, 1.54) is 0 Å². The lowest BCUT2D eigenvalue weighted by molar-refractivity contribution is -0.256. The largest absolute Gasteiger partial charge is 0.461 e. The summed E-state index contributed by atoms with van der Waals surface area (Å²) in [4.78, 5) is 46.4. The molecular weight excluding hydrogens is 720 g/mol. The van der Waals surface area contributed by atoms with Gasteiger partial charge in [-0.25, -0.2) is 17.6 Å². The van der Waals surface area contributed by atoms with Gasteiger partial charge in [0.05, 0.1) is 17.3 Å². The molecule has 9 rings (SSSR count). The lowest BCUT2D eigenvalue weighted by Gasteiger charge is -2.58. The summed E-state index contributed by atoms with van der Waals surface area (Å²) < 4.78 is 68.8. The van der Waals surface area contributed by atoms with E-state index in [9.17, 15) is 42.2 Å². The van der Waals surface area contributed by atoms with Gasteiger partial charge in [0.2, 0.25) is 0 Å². The van der Waals surface area contributed by atoms with Crippen LogP contribution in [0.3, 0.4) is 0 Å². The van der Waals surface area contributed by atoms with E-state index in [0.717, 1.165) is 5.57 Å². The molecule has 0 radical (unpaired) electrons. The fourth-order valence-electron chi connectivity index (χ4n) is 14.2. The third-order valence-corrected chi connectivity index (χ3v) is 17.2. The number of piperidine rings is 2. The van der Waals surface area contributed by atoms with Crippen molar-refractivity contribution >= 4 is 17.7 Å². The van der Waals surface area contributed by atoms with Crippen LogP contribution in [-0.2, 0) is 23.9 Å². The smallest absolute Gasteiger partial charge is 0.310 e. The topological polar surface area (TPSA) is 117 Å². The van der Waals surface area contributed by atoms with E-state index < -0.39 is 81.7 Å². The Balaban J connectivity index is 1.06. The lowest BCUT2D eigenvalue weighted by atomic mass is 9.49. The highest BCUT2D eigenvalue weighted by molar-refractivity contribution is 5.91. The van der Waals surface area contributed by atoms with E-state index in [1.807, 2.05) is 9.80 Å². The van der Waals surface area contributed by atoms with Gasteiger partial charge in [0.1, 0.15) is 29.2 Å².